The Labute approximate surface area is 153 Å². The monoisotopic (exact) mass is 359 g/mol. The van der Waals surface area contributed by atoms with Crippen LogP contribution in [-0.2, 0) is 14.3 Å². The molecule has 1 fully saturated rings. The predicted molar refractivity (Wildman–Crippen MR) is 99.0 cm³/mol. The van der Waals surface area contributed by atoms with Gasteiger partial charge in [0, 0.05) is 44.5 Å². The highest BCUT2D eigenvalue weighted by atomic mass is 16.5. The van der Waals surface area contributed by atoms with Gasteiger partial charge in [-0.2, -0.15) is 0 Å². The maximum absolute atomic E-state index is 12.5. The van der Waals surface area contributed by atoms with Crippen molar-refractivity contribution in [3.05, 3.63) is 42.5 Å². The van der Waals surface area contributed by atoms with Crippen molar-refractivity contribution < 1.29 is 19.1 Å². The van der Waals surface area contributed by atoms with E-state index >= 15 is 0 Å². The molecular weight excluding hydrogens is 334 g/mol. The average Bonchev–Trinajstić information content (AvgIpc) is 2.67. The summed E-state index contributed by atoms with van der Waals surface area (Å²) in [5.74, 6) is -0.476. The summed E-state index contributed by atoms with van der Waals surface area (Å²) in [6, 6.07) is 6.70. The Morgan fingerprint density at radius 2 is 2.04 bits per heavy atom. The summed E-state index contributed by atoms with van der Waals surface area (Å²) in [4.78, 5) is 39.2. The maximum atomic E-state index is 12.5. The summed E-state index contributed by atoms with van der Waals surface area (Å²) in [5.41, 5.74) is 1.19. The van der Waals surface area contributed by atoms with Crippen LogP contribution in [0.25, 0.3) is 0 Å². The normalized spacial score (nSPS) is 16.7. The van der Waals surface area contributed by atoms with Crippen molar-refractivity contribution in [2.45, 2.75) is 18.9 Å². The minimum atomic E-state index is -0.217. The van der Waals surface area contributed by atoms with Crippen molar-refractivity contribution >= 4 is 23.4 Å². The first-order valence-electron chi connectivity index (χ1n) is 8.54. The third-order valence-corrected chi connectivity index (χ3v) is 4.40. The predicted octanol–water partition coefficient (Wildman–Crippen LogP) is 1.20. The Morgan fingerprint density at radius 3 is 2.65 bits per heavy atom. The van der Waals surface area contributed by atoms with E-state index in [9.17, 15) is 14.4 Å². The number of nitrogens with zero attached hydrogens (tertiary/aromatic N) is 2. The summed E-state index contributed by atoms with van der Waals surface area (Å²) in [5, 5.41) is 2.97. The second kappa shape index (κ2) is 9.15. The van der Waals surface area contributed by atoms with E-state index in [1.807, 2.05) is 0 Å². The molecule has 0 aliphatic carbocycles. The molecule has 0 radical (unpaired) electrons. The number of hydrogen-bond acceptors (Lipinski definition) is 4. The van der Waals surface area contributed by atoms with Crippen LogP contribution in [0, 0.1) is 0 Å². The van der Waals surface area contributed by atoms with E-state index < -0.39 is 0 Å². The van der Waals surface area contributed by atoms with Crippen LogP contribution in [-0.4, -0.2) is 62.5 Å². The van der Waals surface area contributed by atoms with Crippen molar-refractivity contribution in [1.29, 1.82) is 0 Å². The van der Waals surface area contributed by atoms with Gasteiger partial charge in [0.25, 0.3) is 5.91 Å². The van der Waals surface area contributed by atoms with Gasteiger partial charge in [-0.15, -0.1) is 0 Å². The summed E-state index contributed by atoms with van der Waals surface area (Å²) < 4.78 is 4.89. The number of likely N-dealkylation sites (tertiary alicyclic amines) is 1. The number of likely N-dealkylation sites (N-methyl/N-ethyl adjacent to an activating group) is 1. The van der Waals surface area contributed by atoms with E-state index in [-0.39, 0.29) is 30.4 Å². The molecule has 1 aromatic carbocycles. The zero-order chi connectivity index (χ0) is 19.1. The molecule has 2 rings (SSSR count). The van der Waals surface area contributed by atoms with Gasteiger partial charge >= 0.3 is 0 Å². The van der Waals surface area contributed by atoms with Crippen molar-refractivity contribution in [3.63, 3.8) is 0 Å². The quantitative estimate of drug-likeness (QED) is 0.774. The van der Waals surface area contributed by atoms with E-state index in [1.54, 1.807) is 36.2 Å². The summed E-state index contributed by atoms with van der Waals surface area (Å²) in [7, 11) is 3.14. The lowest BCUT2D eigenvalue weighted by atomic mass is 10.0. The molecule has 1 atom stereocenters. The van der Waals surface area contributed by atoms with Crippen LogP contribution in [0.4, 0.5) is 5.69 Å². The van der Waals surface area contributed by atoms with Crippen LogP contribution in [0.5, 0.6) is 0 Å². The van der Waals surface area contributed by atoms with E-state index in [0.29, 0.717) is 24.3 Å². The molecule has 1 unspecified atom stereocenters. The molecule has 0 spiro atoms. The number of piperidine rings is 1. The van der Waals surface area contributed by atoms with E-state index in [2.05, 4.69) is 11.9 Å². The second-order valence-electron chi connectivity index (χ2n) is 6.23. The molecule has 0 aromatic heterocycles. The average molecular weight is 359 g/mol. The zero-order valence-corrected chi connectivity index (χ0v) is 15.2. The molecule has 1 aliphatic rings. The Balaban J connectivity index is 1.95. The van der Waals surface area contributed by atoms with E-state index in [4.69, 9.17) is 4.74 Å². The Bertz CT molecular complexity index is 672. The zero-order valence-electron chi connectivity index (χ0n) is 15.2. The fourth-order valence-corrected chi connectivity index (χ4v) is 2.91. The number of benzene rings is 1. The van der Waals surface area contributed by atoms with Crippen molar-refractivity contribution in [1.82, 2.24) is 10.2 Å². The Morgan fingerprint density at radius 1 is 1.35 bits per heavy atom. The molecule has 1 aromatic rings. The smallest absolute Gasteiger partial charge is 0.251 e. The third kappa shape index (κ3) is 4.92. The molecular formula is C19H25N3O4. The number of hydrogen-bond donors (Lipinski definition) is 1. The molecule has 26 heavy (non-hydrogen) atoms. The number of nitrogens with one attached hydrogen (secondary N) is 1. The molecule has 0 bridgehead atoms. The third-order valence-electron chi connectivity index (χ3n) is 4.40. The van der Waals surface area contributed by atoms with Gasteiger partial charge in [0.15, 0.2) is 0 Å². The van der Waals surface area contributed by atoms with Crippen molar-refractivity contribution in [2.75, 3.05) is 38.8 Å². The first kappa shape index (κ1) is 19.7. The van der Waals surface area contributed by atoms with Gasteiger partial charge in [0.1, 0.15) is 6.61 Å². The summed E-state index contributed by atoms with van der Waals surface area (Å²) in [6.45, 7) is 4.69. The molecule has 7 nitrogen and oxygen atoms in total. The van der Waals surface area contributed by atoms with Crippen LogP contribution in [0.2, 0.25) is 0 Å². The van der Waals surface area contributed by atoms with Gasteiger partial charge < -0.3 is 19.9 Å². The number of amides is 3. The van der Waals surface area contributed by atoms with Crippen molar-refractivity contribution in [3.8, 4) is 0 Å². The lowest BCUT2D eigenvalue weighted by molar-refractivity contribution is -0.136. The minimum absolute atomic E-state index is 0.0546. The van der Waals surface area contributed by atoms with E-state index in [0.717, 1.165) is 12.8 Å². The molecule has 1 saturated heterocycles. The minimum Gasteiger partial charge on any atom is -0.375 e. The number of anilines is 1. The first-order chi connectivity index (χ1) is 12.5. The molecule has 1 aliphatic heterocycles. The Kier molecular flexibility index (Phi) is 6.91. The van der Waals surface area contributed by atoms with Gasteiger partial charge in [-0.1, -0.05) is 6.58 Å². The molecule has 0 saturated carbocycles. The first-order valence-corrected chi connectivity index (χ1v) is 8.54. The van der Waals surface area contributed by atoms with Crippen LogP contribution in [0.1, 0.15) is 23.2 Å². The lowest BCUT2D eigenvalue weighted by Crippen LogP contribution is -2.50. The summed E-state index contributed by atoms with van der Waals surface area (Å²) >= 11 is 0. The van der Waals surface area contributed by atoms with Gasteiger partial charge in [-0.3, -0.25) is 14.4 Å². The standard InChI is InChI=1S/C19H25N3O4/c1-4-17(23)21(2)16-9-7-14(8-10-16)19(25)20-15-6-5-11-22(12-15)18(24)13-26-3/h4,7-10,15H,1,5-6,11-13H2,2-3H3,(H,20,25). The largest absolute Gasteiger partial charge is 0.375 e. The highest BCUT2D eigenvalue weighted by Gasteiger charge is 2.24. The van der Waals surface area contributed by atoms with Gasteiger partial charge in [-0.25, -0.2) is 0 Å². The van der Waals surface area contributed by atoms with Crippen LogP contribution < -0.4 is 10.2 Å². The maximum Gasteiger partial charge on any atom is 0.251 e. The number of rotatable bonds is 6. The van der Waals surface area contributed by atoms with Crippen LogP contribution >= 0.6 is 0 Å². The van der Waals surface area contributed by atoms with Gasteiger partial charge in [0.05, 0.1) is 0 Å². The number of carbonyl (C=O) groups excluding carboxylic acids is 3. The van der Waals surface area contributed by atoms with E-state index in [1.165, 1.54) is 18.1 Å². The van der Waals surface area contributed by atoms with Crippen LogP contribution in [0.15, 0.2) is 36.9 Å². The molecule has 3 amide bonds. The van der Waals surface area contributed by atoms with Gasteiger partial charge in [-0.05, 0) is 43.2 Å². The molecule has 1 N–H and O–H groups in total. The second-order valence-corrected chi connectivity index (χ2v) is 6.23. The van der Waals surface area contributed by atoms with Gasteiger partial charge in [0.2, 0.25) is 11.8 Å². The topological polar surface area (TPSA) is 79.0 Å². The Hall–Kier alpha value is -2.67. The lowest BCUT2D eigenvalue weighted by Gasteiger charge is -2.33. The molecule has 7 heteroatoms. The van der Waals surface area contributed by atoms with Crippen LogP contribution in [0.3, 0.4) is 0 Å². The molecule has 1 heterocycles. The SMILES string of the molecule is C=CC(=O)N(C)c1ccc(C(=O)NC2CCCN(C(=O)COC)C2)cc1. The number of ether oxygens (including phenoxy) is 1. The highest BCUT2D eigenvalue weighted by Crippen LogP contribution is 2.15. The highest BCUT2D eigenvalue weighted by molar-refractivity contribution is 6.01. The summed E-state index contributed by atoms with van der Waals surface area (Å²) in [6.07, 6.45) is 2.91. The number of carbonyl (C=O) groups is 3. The fraction of sp³-hybridized carbons (Fsp3) is 0.421. The number of methoxy groups -OCH3 is 1. The fourth-order valence-electron chi connectivity index (χ4n) is 2.91. The molecule has 140 valence electrons. The van der Waals surface area contributed by atoms with Crippen molar-refractivity contribution in [2.24, 2.45) is 0 Å².